The topological polar surface area (TPSA) is 76.7 Å². The third kappa shape index (κ3) is 2.39. The number of halogens is 4. The minimum Gasteiger partial charge on any atom is -0.377 e. The van der Waals surface area contributed by atoms with Crippen LogP contribution in [-0.2, 0) is 17.6 Å². The van der Waals surface area contributed by atoms with E-state index in [9.17, 15) is 13.9 Å². The van der Waals surface area contributed by atoms with E-state index in [1.807, 2.05) is 0 Å². The lowest BCUT2D eigenvalue weighted by molar-refractivity contribution is -0.348. The van der Waals surface area contributed by atoms with Crippen LogP contribution in [-0.4, -0.2) is 36.2 Å². The highest BCUT2D eigenvalue weighted by atomic mass is 19.3. The summed E-state index contributed by atoms with van der Waals surface area (Å²) in [7, 11) is 0. The summed E-state index contributed by atoms with van der Waals surface area (Å²) in [6.45, 7) is -0.784. The number of aromatic nitrogens is 5. The van der Waals surface area contributed by atoms with Crippen LogP contribution in [0.5, 0.6) is 0 Å². The molecule has 2 heterocycles. The normalized spacial score (nSPS) is 27.1. The van der Waals surface area contributed by atoms with Gasteiger partial charge in [0.25, 0.3) is 5.92 Å². The fourth-order valence-electron chi connectivity index (χ4n) is 5.17. The van der Waals surface area contributed by atoms with Crippen molar-refractivity contribution in [1.82, 2.24) is 25.2 Å². The molecular formula is C20H17F4N5O. The van der Waals surface area contributed by atoms with Gasteiger partial charge in [0.05, 0.1) is 6.54 Å². The van der Waals surface area contributed by atoms with E-state index in [-0.39, 0.29) is 19.3 Å². The first-order valence-electron chi connectivity index (χ1n) is 9.40. The fraction of sp³-hybridized carbons (Fsp3) is 0.400. The number of tetrazole rings is 1. The lowest BCUT2D eigenvalue weighted by Gasteiger charge is -2.73. The average Bonchev–Trinajstić information content (AvgIpc) is 3.12. The van der Waals surface area contributed by atoms with E-state index in [0.29, 0.717) is 6.07 Å². The lowest BCUT2D eigenvalue weighted by Crippen LogP contribution is -2.76. The summed E-state index contributed by atoms with van der Waals surface area (Å²) in [4.78, 5) is 4.29. The number of hydrogen-bond acceptors (Lipinski definition) is 5. The van der Waals surface area contributed by atoms with Crippen molar-refractivity contribution in [2.75, 3.05) is 0 Å². The highest BCUT2D eigenvalue weighted by Gasteiger charge is 2.82. The predicted octanol–water partition coefficient (Wildman–Crippen LogP) is 2.99. The maximum absolute atomic E-state index is 16.0. The third-order valence-electron chi connectivity index (χ3n) is 6.58. The van der Waals surface area contributed by atoms with E-state index in [2.05, 4.69) is 20.5 Å². The van der Waals surface area contributed by atoms with Crippen LogP contribution in [0.3, 0.4) is 0 Å². The monoisotopic (exact) mass is 419 g/mol. The molecule has 2 bridgehead atoms. The first kappa shape index (κ1) is 19.1. The van der Waals surface area contributed by atoms with Crippen molar-refractivity contribution in [2.24, 2.45) is 5.41 Å². The van der Waals surface area contributed by atoms with E-state index in [1.54, 1.807) is 24.4 Å². The average molecular weight is 419 g/mol. The first-order chi connectivity index (χ1) is 14.2. The van der Waals surface area contributed by atoms with Gasteiger partial charge in [-0.2, -0.15) is 0 Å². The zero-order valence-electron chi connectivity index (χ0n) is 15.6. The van der Waals surface area contributed by atoms with Gasteiger partial charge < -0.3 is 5.11 Å². The largest absolute Gasteiger partial charge is 0.377 e. The summed E-state index contributed by atoms with van der Waals surface area (Å²) in [5.41, 5.74) is -4.91. The van der Waals surface area contributed by atoms with Crippen LogP contribution in [0.2, 0.25) is 0 Å². The molecule has 1 aromatic carbocycles. The smallest absolute Gasteiger partial charge is 0.287 e. The second kappa shape index (κ2) is 6.07. The van der Waals surface area contributed by atoms with Gasteiger partial charge >= 0.3 is 0 Å². The molecule has 3 aliphatic carbocycles. The van der Waals surface area contributed by atoms with Crippen LogP contribution in [0, 0.1) is 17.0 Å². The van der Waals surface area contributed by atoms with Gasteiger partial charge in [0.1, 0.15) is 18.0 Å². The number of rotatable bonds is 6. The van der Waals surface area contributed by atoms with Gasteiger partial charge in [-0.25, -0.2) is 22.2 Å². The standard InChI is InChI=1S/C20H17F4N5O/c21-13-4-5-14(15(22)7-13)19(30,11-29-12-26-27-28-29)20(23,24)18-8-17(9-18,10-18)16-3-1-2-6-25-16/h1-7,12,30H,8-11H2/t17?,18?,19-/m1/s1. The Labute approximate surface area is 168 Å². The van der Waals surface area contributed by atoms with Crippen LogP contribution in [0.25, 0.3) is 0 Å². The lowest BCUT2D eigenvalue weighted by atomic mass is 9.31. The Hall–Kier alpha value is -2.88. The molecule has 0 unspecified atom stereocenters. The summed E-state index contributed by atoms with van der Waals surface area (Å²) in [6, 6.07) is 7.53. The molecule has 10 heteroatoms. The molecular weight excluding hydrogens is 402 g/mol. The van der Waals surface area contributed by atoms with Gasteiger partial charge in [-0.3, -0.25) is 4.98 Å². The van der Waals surface area contributed by atoms with Crippen molar-refractivity contribution in [3.8, 4) is 0 Å². The SMILES string of the molecule is O[C@](Cn1cnnn1)(c1ccc(F)cc1F)C(F)(F)C12CC(c3ccccn3)(C1)C2. The quantitative estimate of drug-likeness (QED) is 0.622. The van der Waals surface area contributed by atoms with Gasteiger partial charge in [0.2, 0.25) is 0 Å². The summed E-state index contributed by atoms with van der Waals surface area (Å²) >= 11 is 0. The van der Waals surface area contributed by atoms with Gasteiger partial charge in [-0.15, -0.1) is 5.10 Å². The highest BCUT2D eigenvalue weighted by molar-refractivity contribution is 5.40. The van der Waals surface area contributed by atoms with Crippen LogP contribution in [0.1, 0.15) is 30.5 Å². The number of benzene rings is 1. The Bertz CT molecular complexity index is 1070. The Kier molecular flexibility index (Phi) is 3.86. The van der Waals surface area contributed by atoms with Crippen LogP contribution < -0.4 is 0 Å². The Morgan fingerprint density at radius 2 is 1.87 bits per heavy atom. The first-order valence-corrected chi connectivity index (χ1v) is 9.40. The highest BCUT2D eigenvalue weighted by Crippen LogP contribution is 2.80. The Morgan fingerprint density at radius 1 is 1.10 bits per heavy atom. The zero-order chi connectivity index (χ0) is 21.2. The van der Waals surface area contributed by atoms with E-state index in [1.165, 1.54) is 0 Å². The molecule has 3 fully saturated rings. The molecule has 1 N–H and O–H groups in total. The minimum absolute atomic E-state index is 0.116. The molecule has 6 rings (SSSR count). The molecule has 0 radical (unpaired) electrons. The molecule has 2 aromatic heterocycles. The van der Waals surface area contributed by atoms with Crippen LogP contribution >= 0.6 is 0 Å². The number of nitrogens with zero attached hydrogens (tertiary/aromatic N) is 5. The van der Waals surface area contributed by atoms with E-state index >= 15 is 8.78 Å². The molecule has 0 spiro atoms. The van der Waals surface area contributed by atoms with Crippen molar-refractivity contribution in [1.29, 1.82) is 0 Å². The molecule has 0 aliphatic heterocycles. The maximum Gasteiger partial charge on any atom is 0.287 e. The molecule has 3 saturated carbocycles. The van der Waals surface area contributed by atoms with Gasteiger partial charge in [-0.1, -0.05) is 6.07 Å². The molecule has 156 valence electrons. The van der Waals surface area contributed by atoms with E-state index in [4.69, 9.17) is 0 Å². The Balaban J connectivity index is 1.53. The Morgan fingerprint density at radius 3 is 2.47 bits per heavy atom. The second-order valence-corrected chi connectivity index (χ2v) is 8.37. The molecule has 3 aliphatic rings. The molecule has 6 nitrogen and oxygen atoms in total. The summed E-state index contributed by atoms with van der Waals surface area (Å²) in [5, 5.41) is 21.6. The van der Waals surface area contributed by atoms with E-state index in [0.717, 1.165) is 28.8 Å². The van der Waals surface area contributed by atoms with E-state index < -0.39 is 46.1 Å². The number of pyridine rings is 1. The van der Waals surface area contributed by atoms with Crippen molar-refractivity contribution in [2.45, 2.75) is 42.7 Å². The maximum atomic E-state index is 16.0. The number of alkyl halides is 2. The summed E-state index contributed by atoms with van der Waals surface area (Å²) < 4.78 is 60.8. The summed E-state index contributed by atoms with van der Waals surface area (Å²) in [5.74, 6) is -5.92. The van der Waals surface area contributed by atoms with Gasteiger partial charge in [0.15, 0.2) is 5.60 Å². The second-order valence-electron chi connectivity index (χ2n) is 8.37. The fourth-order valence-corrected chi connectivity index (χ4v) is 5.17. The minimum atomic E-state index is -3.73. The van der Waals surface area contributed by atoms with Gasteiger partial charge in [0, 0.05) is 34.4 Å². The molecule has 30 heavy (non-hydrogen) atoms. The summed E-state index contributed by atoms with van der Waals surface area (Å²) in [6.07, 6.45) is 3.02. The van der Waals surface area contributed by atoms with Crippen LogP contribution in [0.15, 0.2) is 48.9 Å². The zero-order valence-corrected chi connectivity index (χ0v) is 15.6. The van der Waals surface area contributed by atoms with Crippen molar-refractivity contribution < 1.29 is 22.7 Å². The molecule has 1 atom stereocenters. The number of hydrogen-bond donors (Lipinski definition) is 1. The van der Waals surface area contributed by atoms with Crippen LogP contribution in [0.4, 0.5) is 17.6 Å². The van der Waals surface area contributed by atoms with Crippen molar-refractivity contribution >= 4 is 0 Å². The predicted molar refractivity (Wildman–Crippen MR) is 95.2 cm³/mol. The van der Waals surface area contributed by atoms with Gasteiger partial charge in [-0.05, 0) is 54.0 Å². The molecule has 0 amide bonds. The molecule has 3 aromatic rings. The van der Waals surface area contributed by atoms with Crippen molar-refractivity contribution in [3.63, 3.8) is 0 Å². The molecule has 0 saturated heterocycles. The number of aliphatic hydroxyl groups is 1. The third-order valence-corrected chi connectivity index (χ3v) is 6.58. The van der Waals surface area contributed by atoms with Crippen molar-refractivity contribution in [3.05, 3.63) is 71.8 Å².